The minimum absolute atomic E-state index is 0. The van der Waals surface area contributed by atoms with Crippen LogP contribution in [-0.2, 0) is 0 Å². The normalized spacial score (nSPS) is 15.7. The van der Waals surface area contributed by atoms with Crippen LogP contribution in [0.15, 0.2) is 34.1 Å². The maximum Gasteiger partial charge on any atom is 0.312 e. The van der Waals surface area contributed by atoms with Crippen molar-refractivity contribution in [2.24, 2.45) is 0 Å². The van der Waals surface area contributed by atoms with Crippen molar-refractivity contribution < 1.29 is 10.0 Å². The van der Waals surface area contributed by atoms with Gasteiger partial charge in [-0.1, -0.05) is 22.0 Å². The molecule has 2 heterocycles. The maximum atomic E-state index is 11.2. The summed E-state index contributed by atoms with van der Waals surface area (Å²) < 4.78 is 0.591. The summed E-state index contributed by atoms with van der Waals surface area (Å²) in [6.07, 6.45) is 0. The number of phenolic OH excluding ortho intramolecular Hbond substituents is 1. The Labute approximate surface area is 170 Å². The monoisotopic (exact) mass is 469 g/mol. The number of nitro groups is 1. The van der Waals surface area contributed by atoms with Crippen LogP contribution in [0, 0.1) is 10.1 Å². The molecule has 0 unspecified atom stereocenters. The number of aromatic hydroxyl groups is 1. The van der Waals surface area contributed by atoms with Crippen LogP contribution < -0.4 is 5.32 Å². The average molecular weight is 471 g/mol. The number of nitrogens with zero attached hydrogens (tertiary/aromatic N) is 2. The van der Waals surface area contributed by atoms with Crippen LogP contribution in [0.3, 0.4) is 0 Å². The molecule has 6 nitrogen and oxygen atoms in total. The zero-order valence-corrected chi connectivity index (χ0v) is 17.1. The molecule has 0 spiro atoms. The Hall–Kier alpha value is -0.900. The Bertz CT molecular complexity index is 712. The fourth-order valence-corrected chi connectivity index (χ4v) is 4.21. The number of nitro benzene ring substituents is 1. The summed E-state index contributed by atoms with van der Waals surface area (Å²) in [6.45, 7) is 3.36. The van der Waals surface area contributed by atoms with Crippen LogP contribution >= 0.6 is 52.1 Å². The van der Waals surface area contributed by atoms with E-state index in [1.54, 1.807) is 17.4 Å². The first-order valence-corrected chi connectivity index (χ1v) is 8.90. The molecule has 1 fully saturated rings. The van der Waals surface area contributed by atoms with Gasteiger partial charge in [-0.05, 0) is 17.5 Å². The molecule has 2 N–H and O–H groups in total. The van der Waals surface area contributed by atoms with Gasteiger partial charge in [0.25, 0.3) is 0 Å². The summed E-state index contributed by atoms with van der Waals surface area (Å²) in [4.78, 5) is 14.0. The minimum atomic E-state index is -0.549. The molecule has 1 aliphatic heterocycles. The Morgan fingerprint density at radius 3 is 2.56 bits per heavy atom. The second kappa shape index (κ2) is 9.70. The van der Waals surface area contributed by atoms with Gasteiger partial charge in [-0.15, -0.1) is 36.2 Å². The van der Waals surface area contributed by atoms with Gasteiger partial charge in [0.1, 0.15) is 0 Å². The fraction of sp³-hybridized carbons (Fsp3) is 0.333. The van der Waals surface area contributed by atoms with E-state index >= 15 is 0 Å². The average Bonchev–Trinajstić information content (AvgIpc) is 3.05. The Balaban J connectivity index is 0.00000156. The molecular formula is C15H18BrCl2N3O3S. The molecule has 1 aromatic carbocycles. The zero-order valence-electron chi connectivity index (χ0n) is 13.1. The van der Waals surface area contributed by atoms with Gasteiger partial charge in [0.15, 0.2) is 5.75 Å². The van der Waals surface area contributed by atoms with Crippen LogP contribution in [0.5, 0.6) is 5.75 Å². The molecule has 1 aromatic heterocycles. The molecule has 3 rings (SSSR count). The standard InChI is InChI=1S/C15H16BrN3O3S.2ClH/c16-10-8-11(15(20)12(9-10)19(21)22)14(13-2-1-7-23-13)18-5-3-17-4-6-18;;/h1-2,7-9,14,17,20H,3-6H2;2*1H/t14-;;/m1../s1. The fourth-order valence-electron chi connectivity index (χ4n) is 2.87. The quantitative estimate of drug-likeness (QED) is 0.522. The molecule has 138 valence electrons. The number of benzene rings is 1. The number of nitrogens with one attached hydrogen (secondary N) is 1. The van der Waals surface area contributed by atoms with E-state index in [9.17, 15) is 15.2 Å². The Morgan fingerprint density at radius 1 is 1.32 bits per heavy atom. The number of rotatable bonds is 4. The van der Waals surface area contributed by atoms with Crippen molar-refractivity contribution in [3.05, 3.63) is 54.7 Å². The second-order valence-electron chi connectivity index (χ2n) is 5.32. The van der Waals surface area contributed by atoms with Gasteiger partial charge in [-0.25, -0.2) is 0 Å². The van der Waals surface area contributed by atoms with E-state index in [2.05, 4.69) is 26.1 Å². The third kappa shape index (κ3) is 4.84. The van der Waals surface area contributed by atoms with E-state index in [1.807, 2.05) is 17.5 Å². The van der Waals surface area contributed by atoms with E-state index in [0.29, 0.717) is 10.0 Å². The predicted molar refractivity (Wildman–Crippen MR) is 108 cm³/mol. The summed E-state index contributed by atoms with van der Waals surface area (Å²) in [5.74, 6) is -0.255. The maximum absolute atomic E-state index is 11.2. The molecule has 0 saturated carbocycles. The molecule has 1 saturated heterocycles. The highest BCUT2D eigenvalue weighted by molar-refractivity contribution is 9.10. The van der Waals surface area contributed by atoms with E-state index in [-0.39, 0.29) is 42.3 Å². The van der Waals surface area contributed by atoms with Crippen LogP contribution in [0.2, 0.25) is 0 Å². The third-order valence-electron chi connectivity index (χ3n) is 3.90. The lowest BCUT2D eigenvalue weighted by Crippen LogP contribution is -2.45. The summed E-state index contributed by atoms with van der Waals surface area (Å²) in [5.41, 5.74) is 0.293. The molecule has 0 radical (unpaired) electrons. The molecule has 10 heteroatoms. The van der Waals surface area contributed by atoms with Gasteiger partial charge in [-0.2, -0.15) is 0 Å². The number of hydrogen-bond acceptors (Lipinski definition) is 6. The van der Waals surface area contributed by atoms with Gasteiger partial charge in [0.2, 0.25) is 0 Å². The predicted octanol–water partition coefficient (Wildman–Crippen LogP) is 3.96. The SMILES string of the molecule is Cl.Cl.O=[N+]([O-])c1cc(Br)cc([C@H](c2cccs2)N2CCNCC2)c1O. The van der Waals surface area contributed by atoms with Gasteiger partial charge >= 0.3 is 5.69 Å². The molecule has 1 aliphatic rings. The van der Waals surface area contributed by atoms with Crippen molar-refractivity contribution in [3.63, 3.8) is 0 Å². The van der Waals surface area contributed by atoms with Crippen LogP contribution in [-0.4, -0.2) is 41.1 Å². The molecule has 2 aromatic rings. The first kappa shape index (κ1) is 22.1. The summed E-state index contributed by atoms with van der Waals surface area (Å²) in [7, 11) is 0. The molecule has 1 atom stereocenters. The summed E-state index contributed by atoms with van der Waals surface area (Å²) >= 11 is 4.92. The van der Waals surface area contributed by atoms with E-state index < -0.39 is 4.92 Å². The van der Waals surface area contributed by atoms with Gasteiger partial charge in [0.05, 0.1) is 11.0 Å². The minimum Gasteiger partial charge on any atom is -0.502 e. The number of thiophene rings is 1. The van der Waals surface area contributed by atoms with E-state index in [0.717, 1.165) is 31.1 Å². The molecule has 0 bridgehead atoms. The zero-order chi connectivity index (χ0) is 16.4. The Kier molecular flexibility index (Phi) is 8.59. The molecule has 0 amide bonds. The smallest absolute Gasteiger partial charge is 0.312 e. The van der Waals surface area contributed by atoms with Gasteiger partial charge in [0, 0.05) is 47.2 Å². The van der Waals surface area contributed by atoms with E-state index in [4.69, 9.17) is 0 Å². The van der Waals surface area contributed by atoms with Crippen LogP contribution in [0.25, 0.3) is 0 Å². The second-order valence-corrected chi connectivity index (χ2v) is 7.22. The largest absolute Gasteiger partial charge is 0.502 e. The highest BCUT2D eigenvalue weighted by Gasteiger charge is 2.30. The first-order valence-electron chi connectivity index (χ1n) is 7.23. The summed E-state index contributed by atoms with van der Waals surface area (Å²) in [5, 5.41) is 27.0. The van der Waals surface area contributed by atoms with Crippen LogP contribution in [0.4, 0.5) is 5.69 Å². The third-order valence-corrected chi connectivity index (χ3v) is 5.29. The van der Waals surface area contributed by atoms with Crippen molar-refractivity contribution in [2.45, 2.75) is 6.04 Å². The molecular weight excluding hydrogens is 453 g/mol. The number of halogens is 3. The van der Waals surface area contributed by atoms with Gasteiger partial charge < -0.3 is 10.4 Å². The molecule has 0 aliphatic carbocycles. The van der Waals surface area contributed by atoms with Gasteiger partial charge in [-0.3, -0.25) is 15.0 Å². The number of piperazine rings is 1. The van der Waals surface area contributed by atoms with Crippen molar-refractivity contribution in [2.75, 3.05) is 26.2 Å². The van der Waals surface area contributed by atoms with Crippen molar-refractivity contribution in [1.82, 2.24) is 10.2 Å². The van der Waals surface area contributed by atoms with Crippen molar-refractivity contribution in [3.8, 4) is 5.75 Å². The Morgan fingerprint density at radius 2 is 2.00 bits per heavy atom. The van der Waals surface area contributed by atoms with Crippen LogP contribution in [0.1, 0.15) is 16.5 Å². The highest BCUT2D eigenvalue weighted by Crippen LogP contribution is 2.42. The van der Waals surface area contributed by atoms with Crippen molar-refractivity contribution in [1.29, 1.82) is 0 Å². The lowest BCUT2D eigenvalue weighted by Gasteiger charge is -2.35. The number of hydrogen-bond donors (Lipinski definition) is 2. The highest BCUT2D eigenvalue weighted by atomic mass is 79.9. The first-order chi connectivity index (χ1) is 11.1. The summed E-state index contributed by atoms with van der Waals surface area (Å²) in [6, 6.07) is 6.88. The molecule has 25 heavy (non-hydrogen) atoms. The van der Waals surface area contributed by atoms with Crippen molar-refractivity contribution >= 4 is 57.8 Å². The van der Waals surface area contributed by atoms with E-state index in [1.165, 1.54) is 6.07 Å². The topological polar surface area (TPSA) is 78.6 Å². The lowest BCUT2D eigenvalue weighted by atomic mass is 10.0. The number of phenols is 1. The lowest BCUT2D eigenvalue weighted by molar-refractivity contribution is -0.386.